The van der Waals surface area contributed by atoms with E-state index in [-0.39, 0.29) is 17.3 Å². The van der Waals surface area contributed by atoms with Crippen LogP contribution >= 0.6 is 11.3 Å². The minimum absolute atomic E-state index is 0.287. The van der Waals surface area contributed by atoms with Gasteiger partial charge in [-0.15, -0.1) is 11.3 Å². The van der Waals surface area contributed by atoms with Crippen LogP contribution < -0.4 is 5.32 Å². The third kappa shape index (κ3) is 4.02. The van der Waals surface area contributed by atoms with Crippen LogP contribution in [0.4, 0.5) is 8.78 Å². The van der Waals surface area contributed by atoms with Gasteiger partial charge < -0.3 is 5.32 Å². The first-order valence-electron chi connectivity index (χ1n) is 7.36. The summed E-state index contributed by atoms with van der Waals surface area (Å²) in [7, 11) is 0. The van der Waals surface area contributed by atoms with E-state index in [0.29, 0.717) is 18.7 Å². The Hall–Kier alpha value is -2.60. The normalized spacial score (nSPS) is 10.6. The molecule has 3 nitrogen and oxygen atoms in total. The number of thiazole rings is 1. The predicted octanol–water partition coefficient (Wildman–Crippen LogP) is 4.06. The van der Waals surface area contributed by atoms with Gasteiger partial charge in [-0.1, -0.05) is 18.2 Å². The first-order valence-corrected chi connectivity index (χ1v) is 8.24. The van der Waals surface area contributed by atoms with E-state index >= 15 is 0 Å². The molecule has 0 fully saturated rings. The lowest BCUT2D eigenvalue weighted by Crippen LogP contribution is -2.25. The molecule has 0 aliphatic carbocycles. The van der Waals surface area contributed by atoms with Crippen molar-refractivity contribution in [3.05, 3.63) is 76.1 Å². The highest BCUT2D eigenvalue weighted by Crippen LogP contribution is 2.22. The van der Waals surface area contributed by atoms with E-state index < -0.39 is 5.82 Å². The molecular formula is C18H14F2N2OS. The minimum Gasteiger partial charge on any atom is -0.352 e. The van der Waals surface area contributed by atoms with Crippen molar-refractivity contribution >= 4 is 17.2 Å². The van der Waals surface area contributed by atoms with Crippen molar-refractivity contribution in [1.29, 1.82) is 0 Å². The van der Waals surface area contributed by atoms with E-state index in [1.54, 1.807) is 18.2 Å². The standard InChI is InChI=1S/C18H14F2N2OS/c19-14-5-1-3-12(9-14)16-11-24-17(22-16)7-8-21-18(23)13-4-2-6-15(20)10-13/h1-6,9-11H,7-8H2,(H,21,23). The van der Waals surface area contributed by atoms with Crippen LogP contribution in [0.15, 0.2) is 53.9 Å². The second kappa shape index (κ2) is 7.31. The minimum atomic E-state index is -0.442. The van der Waals surface area contributed by atoms with E-state index in [9.17, 15) is 13.6 Å². The smallest absolute Gasteiger partial charge is 0.251 e. The number of nitrogens with one attached hydrogen (secondary N) is 1. The van der Waals surface area contributed by atoms with Crippen molar-refractivity contribution < 1.29 is 13.6 Å². The van der Waals surface area contributed by atoms with E-state index in [1.807, 2.05) is 5.38 Å². The van der Waals surface area contributed by atoms with Gasteiger partial charge in [-0.05, 0) is 30.3 Å². The third-order valence-electron chi connectivity index (χ3n) is 3.38. The molecule has 2 aromatic carbocycles. The molecule has 24 heavy (non-hydrogen) atoms. The lowest BCUT2D eigenvalue weighted by Gasteiger charge is -2.04. The average Bonchev–Trinajstić information content (AvgIpc) is 3.04. The van der Waals surface area contributed by atoms with E-state index in [2.05, 4.69) is 10.3 Å². The molecule has 0 unspecified atom stereocenters. The Morgan fingerprint density at radius 3 is 2.58 bits per heavy atom. The molecular weight excluding hydrogens is 330 g/mol. The largest absolute Gasteiger partial charge is 0.352 e. The Bertz CT molecular complexity index is 863. The molecule has 0 aliphatic rings. The van der Waals surface area contributed by atoms with Crippen LogP contribution in [-0.4, -0.2) is 17.4 Å². The number of rotatable bonds is 5. The number of aromatic nitrogens is 1. The molecule has 3 rings (SSSR count). The SMILES string of the molecule is O=C(NCCc1nc(-c2cccc(F)c2)cs1)c1cccc(F)c1. The van der Waals surface area contributed by atoms with Crippen LogP contribution in [0.1, 0.15) is 15.4 Å². The topological polar surface area (TPSA) is 42.0 Å². The molecule has 0 radical (unpaired) electrons. The first-order chi connectivity index (χ1) is 11.6. The maximum atomic E-state index is 13.2. The summed E-state index contributed by atoms with van der Waals surface area (Å²) in [5.74, 6) is -1.07. The number of hydrogen-bond donors (Lipinski definition) is 1. The molecule has 0 spiro atoms. The summed E-state index contributed by atoms with van der Waals surface area (Å²) in [4.78, 5) is 16.4. The molecule has 0 bridgehead atoms. The number of nitrogens with zero attached hydrogens (tertiary/aromatic N) is 1. The molecule has 0 aliphatic heterocycles. The molecule has 6 heteroatoms. The van der Waals surface area contributed by atoms with Crippen LogP contribution in [0.5, 0.6) is 0 Å². The highest BCUT2D eigenvalue weighted by atomic mass is 32.1. The Labute approximate surface area is 142 Å². The zero-order valence-corrected chi connectivity index (χ0v) is 13.4. The highest BCUT2D eigenvalue weighted by Gasteiger charge is 2.08. The quantitative estimate of drug-likeness (QED) is 0.758. The molecule has 1 N–H and O–H groups in total. The van der Waals surface area contributed by atoms with Gasteiger partial charge in [0.15, 0.2) is 0 Å². The van der Waals surface area contributed by atoms with Crippen molar-refractivity contribution in [2.75, 3.05) is 6.54 Å². The van der Waals surface area contributed by atoms with Crippen LogP contribution in [0.3, 0.4) is 0 Å². The molecule has 122 valence electrons. The number of hydrogen-bond acceptors (Lipinski definition) is 3. The van der Waals surface area contributed by atoms with Gasteiger partial charge >= 0.3 is 0 Å². The number of amides is 1. The summed E-state index contributed by atoms with van der Waals surface area (Å²) < 4.78 is 26.3. The predicted molar refractivity (Wildman–Crippen MR) is 89.9 cm³/mol. The number of carbonyl (C=O) groups is 1. The van der Waals surface area contributed by atoms with E-state index in [1.165, 1.54) is 41.7 Å². The average molecular weight is 344 g/mol. The van der Waals surface area contributed by atoms with Crippen LogP contribution in [-0.2, 0) is 6.42 Å². The summed E-state index contributed by atoms with van der Waals surface area (Å²) in [6.07, 6.45) is 0.557. The molecule has 1 amide bonds. The van der Waals surface area contributed by atoms with Gasteiger partial charge in [0.1, 0.15) is 11.6 Å². The van der Waals surface area contributed by atoms with Crippen LogP contribution in [0.25, 0.3) is 11.3 Å². The second-order valence-electron chi connectivity index (χ2n) is 5.15. The van der Waals surface area contributed by atoms with Crippen molar-refractivity contribution in [1.82, 2.24) is 10.3 Å². The molecule has 3 aromatic rings. The zero-order valence-electron chi connectivity index (χ0n) is 12.6. The van der Waals surface area contributed by atoms with Crippen molar-refractivity contribution in [3.8, 4) is 11.3 Å². The molecule has 0 saturated heterocycles. The second-order valence-corrected chi connectivity index (χ2v) is 6.10. The summed E-state index contributed by atoms with van der Waals surface area (Å²) in [5.41, 5.74) is 1.72. The first kappa shape index (κ1) is 16.3. The number of benzene rings is 2. The van der Waals surface area contributed by atoms with Gasteiger partial charge in [0.25, 0.3) is 5.91 Å². The van der Waals surface area contributed by atoms with E-state index in [0.717, 1.165) is 10.6 Å². The Kier molecular flexibility index (Phi) is 4.96. The Balaban J connectivity index is 1.57. The van der Waals surface area contributed by atoms with Crippen LogP contribution in [0.2, 0.25) is 0 Å². The molecule has 1 heterocycles. The fourth-order valence-corrected chi connectivity index (χ4v) is 3.03. The van der Waals surface area contributed by atoms with Gasteiger partial charge in [0.05, 0.1) is 10.7 Å². The number of halogens is 2. The summed E-state index contributed by atoms with van der Waals surface area (Å²) in [6, 6.07) is 11.8. The summed E-state index contributed by atoms with van der Waals surface area (Å²) in [6.45, 7) is 0.394. The monoisotopic (exact) mass is 344 g/mol. The highest BCUT2D eigenvalue weighted by molar-refractivity contribution is 7.09. The maximum Gasteiger partial charge on any atom is 0.251 e. The van der Waals surface area contributed by atoms with Gasteiger partial charge in [0, 0.05) is 29.5 Å². The van der Waals surface area contributed by atoms with Crippen molar-refractivity contribution in [3.63, 3.8) is 0 Å². The fraction of sp³-hybridized carbons (Fsp3) is 0.111. The Morgan fingerprint density at radius 2 is 1.83 bits per heavy atom. The lowest BCUT2D eigenvalue weighted by atomic mass is 10.2. The molecule has 1 aromatic heterocycles. The zero-order chi connectivity index (χ0) is 16.9. The fourth-order valence-electron chi connectivity index (χ4n) is 2.22. The van der Waals surface area contributed by atoms with Crippen LogP contribution in [0, 0.1) is 11.6 Å². The lowest BCUT2D eigenvalue weighted by molar-refractivity contribution is 0.0953. The van der Waals surface area contributed by atoms with Gasteiger partial charge in [0.2, 0.25) is 0 Å². The van der Waals surface area contributed by atoms with Crippen molar-refractivity contribution in [2.24, 2.45) is 0 Å². The number of carbonyl (C=O) groups excluding carboxylic acids is 1. The van der Waals surface area contributed by atoms with E-state index in [4.69, 9.17) is 0 Å². The Morgan fingerprint density at radius 1 is 1.08 bits per heavy atom. The van der Waals surface area contributed by atoms with Gasteiger partial charge in [-0.3, -0.25) is 4.79 Å². The van der Waals surface area contributed by atoms with Gasteiger partial charge in [-0.2, -0.15) is 0 Å². The summed E-state index contributed by atoms with van der Waals surface area (Å²) >= 11 is 1.46. The van der Waals surface area contributed by atoms with Crippen molar-refractivity contribution in [2.45, 2.75) is 6.42 Å². The molecule has 0 atom stereocenters. The van der Waals surface area contributed by atoms with Gasteiger partial charge in [-0.25, -0.2) is 13.8 Å². The maximum absolute atomic E-state index is 13.2. The third-order valence-corrected chi connectivity index (χ3v) is 4.29. The molecule has 0 saturated carbocycles. The summed E-state index contributed by atoms with van der Waals surface area (Å²) in [5, 5.41) is 5.43.